The molecule has 4 heteroatoms. The van der Waals surface area contributed by atoms with Crippen LogP contribution in [0.25, 0.3) is 0 Å². The third-order valence-corrected chi connectivity index (χ3v) is 5.27. The predicted molar refractivity (Wildman–Crippen MR) is 84.6 cm³/mol. The summed E-state index contributed by atoms with van der Waals surface area (Å²) in [7, 11) is 0. The summed E-state index contributed by atoms with van der Waals surface area (Å²) in [5.74, 6) is -0.215. The van der Waals surface area contributed by atoms with E-state index in [0.717, 1.165) is 17.3 Å². The zero-order valence-electron chi connectivity index (χ0n) is 12.5. The van der Waals surface area contributed by atoms with Gasteiger partial charge in [-0.15, -0.1) is 0 Å². The Morgan fingerprint density at radius 3 is 2.76 bits per heavy atom. The lowest BCUT2D eigenvalue weighted by atomic mass is 9.69. The highest BCUT2D eigenvalue weighted by molar-refractivity contribution is 9.10. The van der Waals surface area contributed by atoms with Crippen LogP contribution < -0.4 is 0 Å². The van der Waals surface area contributed by atoms with Crippen LogP contribution in [0.4, 0.5) is 4.39 Å². The van der Waals surface area contributed by atoms with E-state index in [-0.39, 0.29) is 17.7 Å². The lowest BCUT2D eigenvalue weighted by molar-refractivity contribution is -0.145. The second kappa shape index (κ2) is 6.91. The topological polar surface area (TPSA) is 37.3 Å². The fraction of sp³-hybridized carbons (Fsp3) is 0.588. The number of carboxylic acid groups (broad SMARTS) is 1. The number of hydrogen-bond acceptors (Lipinski definition) is 1. The van der Waals surface area contributed by atoms with Gasteiger partial charge in [0.1, 0.15) is 5.82 Å². The molecule has 0 bridgehead atoms. The van der Waals surface area contributed by atoms with E-state index in [9.17, 15) is 14.3 Å². The number of rotatable bonds is 4. The van der Waals surface area contributed by atoms with Crippen molar-refractivity contribution in [2.24, 2.45) is 23.7 Å². The van der Waals surface area contributed by atoms with Crippen LogP contribution >= 0.6 is 15.9 Å². The Labute approximate surface area is 133 Å². The highest BCUT2D eigenvalue weighted by Gasteiger charge is 2.36. The van der Waals surface area contributed by atoms with E-state index in [0.29, 0.717) is 30.2 Å². The molecule has 0 aromatic heterocycles. The molecule has 3 atom stereocenters. The second-order valence-corrected chi connectivity index (χ2v) is 7.38. The Bertz CT molecular complexity index is 516. The van der Waals surface area contributed by atoms with Crippen LogP contribution in [0.15, 0.2) is 22.7 Å². The predicted octanol–water partition coefficient (Wildman–Crippen LogP) is 4.90. The van der Waals surface area contributed by atoms with Gasteiger partial charge in [0.15, 0.2) is 0 Å². The molecular formula is C17H22BrFO2. The number of halogens is 2. The molecule has 3 unspecified atom stereocenters. The highest BCUT2D eigenvalue weighted by Crippen LogP contribution is 2.39. The number of carbonyl (C=O) groups is 1. The molecule has 1 N–H and O–H groups in total. The first kappa shape index (κ1) is 16.5. The summed E-state index contributed by atoms with van der Waals surface area (Å²) in [5, 5.41) is 9.43. The van der Waals surface area contributed by atoms with Crippen LogP contribution in [0.1, 0.15) is 38.7 Å². The Balaban J connectivity index is 2.19. The van der Waals surface area contributed by atoms with E-state index >= 15 is 0 Å². The van der Waals surface area contributed by atoms with E-state index in [4.69, 9.17) is 0 Å². The molecule has 0 saturated heterocycles. The lowest BCUT2D eigenvalue weighted by Crippen LogP contribution is -2.33. The summed E-state index contributed by atoms with van der Waals surface area (Å²) in [5.41, 5.74) is 0.616. The zero-order valence-corrected chi connectivity index (χ0v) is 14.1. The molecule has 0 radical (unpaired) electrons. The first-order valence-electron chi connectivity index (χ1n) is 7.55. The SMILES string of the molecule is CC(C)C1CCC(C(=O)O)C(Cc2cc(Br)ccc2F)C1. The van der Waals surface area contributed by atoms with E-state index in [1.165, 1.54) is 6.07 Å². The molecule has 21 heavy (non-hydrogen) atoms. The van der Waals surface area contributed by atoms with E-state index in [1.807, 2.05) is 0 Å². The number of aliphatic carboxylic acids is 1. The van der Waals surface area contributed by atoms with Gasteiger partial charge in [0.2, 0.25) is 0 Å². The summed E-state index contributed by atoms with van der Waals surface area (Å²) in [4.78, 5) is 11.5. The summed E-state index contributed by atoms with van der Waals surface area (Å²) in [6.07, 6.45) is 3.05. The molecule has 0 aliphatic heterocycles. The van der Waals surface area contributed by atoms with E-state index in [2.05, 4.69) is 29.8 Å². The minimum atomic E-state index is -0.738. The molecule has 1 aromatic rings. The standard InChI is InChI=1S/C17H22BrFO2/c1-10(2)11-3-5-15(17(20)21)12(7-11)8-13-9-14(18)4-6-16(13)19/h4,6,9-12,15H,3,5,7-8H2,1-2H3,(H,20,21). The highest BCUT2D eigenvalue weighted by atomic mass is 79.9. The average Bonchev–Trinajstić information content (AvgIpc) is 2.42. The van der Waals surface area contributed by atoms with Crippen LogP contribution in [-0.2, 0) is 11.2 Å². The molecule has 1 saturated carbocycles. The molecule has 1 aromatic carbocycles. The molecule has 0 heterocycles. The second-order valence-electron chi connectivity index (χ2n) is 6.46. The summed E-state index contributed by atoms with van der Waals surface area (Å²) >= 11 is 3.36. The maximum Gasteiger partial charge on any atom is 0.306 e. The number of hydrogen-bond donors (Lipinski definition) is 1. The van der Waals surface area contributed by atoms with Gasteiger partial charge >= 0.3 is 5.97 Å². The molecule has 0 spiro atoms. The molecule has 1 aliphatic carbocycles. The maximum absolute atomic E-state index is 13.9. The number of benzene rings is 1. The smallest absolute Gasteiger partial charge is 0.306 e. The van der Waals surface area contributed by atoms with Crippen molar-refractivity contribution < 1.29 is 14.3 Å². The van der Waals surface area contributed by atoms with Gasteiger partial charge in [-0.2, -0.15) is 0 Å². The molecule has 1 aliphatic rings. The first-order valence-corrected chi connectivity index (χ1v) is 8.34. The van der Waals surface area contributed by atoms with Crippen molar-refractivity contribution in [3.05, 3.63) is 34.1 Å². The van der Waals surface area contributed by atoms with Gasteiger partial charge in [-0.3, -0.25) is 4.79 Å². The van der Waals surface area contributed by atoms with Gasteiger partial charge in [-0.25, -0.2) is 4.39 Å². The quantitative estimate of drug-likeness (QED) is 0.832. The molecule has 0 amide bonds. The van der Waals surface area contributed by atoms with Gasteiger partial charge in [0.05, 0.1) is 5.92 Å². The van der Waals surface area contributed by atoms with Gasteiger partial charge in [-0.1, -0.05) is 29.8 Å². The first-order chi connectivity index (χ1) is 9.88. The van der Waals surface area contributed by atoms with E-state index in [1.54, 1.807) is 12.1 Å². The van der Waals surface area contributed by atoms with Crippen molar-refractivity contribution in [3.8, 4) is 0 Å². The van der Waals surface area contributed by atoms with Crippen molar-refractivity contribution >= 4 is 21.9 Å². The Hall–Kier alpha value is -0.900. The maximum atomic E-state index is 13.9. The van der Waals surface area contributed by atoms with Gasteiger partial charge in [0.25, 0.3) is 0 Å². The minimum absolute atomic E-state index is 0.0208. The summed E-state index contributed by atoms with van der Waals surface area (Å²) in [6, 6.07) is 4.89. The van der Waals surface area contributed by atoms with Crippen molar-refractivity contribution in [1.82, 2.24) is 0 Å². The fourth-order valence-corrected chi connectivity index (χ4v) is 3.85. The van der Waals surface area contributed by atoms with Crippen molar-refractivity contribution in [3.63, 3.8) is 0 Å². The van der Waals surface area contributed by atoms with Crippen LogP contribution in [0.2, 0.25) is 0 Å². The lowest BCUT2D eigenvalue weighted by Gasteiger charge is -2.36. The monoisotopic (exact) mass is 356 g/mol. The minimum Gasteiger partial charge on any atom is -0.481 e. The largest absolute Gasteiger partial charge is 0.481 e. The zero-order chi connectivity index (χ0) is 15.6. The van der Waals surface area contributed by atoms with Gasteiger partial charge < -0.3 is 5.11 Å². The van der Waals surface area contributed by atoms with Crippen molar-refractivity contribution in [2.75, 3.05) is 0 Å². The van der Waals surface area contributed by atoms with E-state index < -0.39 is 5.97 Å². The van der Waals surface area contributed by atoms with Crippen LogP contribution in [0, 0.1) is 29.5 Å². The summed E-state index contributed by atoms with van der Waals surface area (Å²) in [6.45, 7) is 4.37. The third kappa shape index (κ3) is 4.06. The van der Waals surface area contributed by atoms with Crippen molar-refractivity contribution in [2.45, 2.75) is 39.5 Å². The molecule has 1 fully saturated rings. The van der Waals surface area contributed by atoms with Gasteiger partial charge in [-0.05, 0) is 67.2 Å². The third-order valence-electron chi connectivity index (χ3n) is 4.77. The van der Waals surface area contributed by atoms with Crippen molar-refractivity contribution in [1.29, 1.82) is 0 Å². The molecule has 2 nitrogen and oxygen atoms in total. The molecule has 2 rings (SSSR count). The van der Waals surface area contributed by atoms with Crippen LogP contribution in [0.5, 0.6) is 0 Å². The average molecular weight is 357 g/mol. The Kier molecular flexibility index (Phi) is 5.42. The Morgan fingerprint density at radius 2 is 2.14 bits per heavy atom. The Morgan fingerprint density at radius 1 is 1.43 bits per heavy atom. The van der Waals surface area contributed by atoms with Crippen LogP contribution in [-0.4, -0.2) is 11.1 Å². The summed E-state index contributed by atoms with van der Waals surface area (Å²) < 4.78 is 14.8. The van der Waals surface area contributed by atoms with Gasteiger partial charge in [0, 0.05) is 4.47 Å². The normalized spacial score (nSPS) is 26.0. The fourth-order valence-electron chi connectivity index (χ4n) is 3.44. The molecular weight excluding hydrogens is 335 g/mol. The number of carboxylic acids is 1. The molecule has 116 valence electrons. The van der Waals surface area contributed by atoms with Crippen LogP contribution in [0.3, 0.4) is 0 Å².